The van der Waals surface area contributed by atoms with Gasteiger partial charge in [-0.2, -0.15) is 5.10 Å². The molecule has 0 radical (unpaired) electrons. The zero-order chi connectivity index (χ0) is 19.8. The molecule has 1 fully saturated rings. The van der Waals surface area contributed by atoms with Crippen molar-refractivity contribution in [3.05, 3.63) is 29.8 Å². The van der Waals surface area contributed by atoms with Gasteiger partial charge in [0, 0.05) is 29.9 Å². The Hall–Kier alpha value is -2.24. The molecule has 1 atom stereocenters. The average molecular weight is 370 g/mol. The van der Waals surface area contributed by atoms with Crippen molar-refractivity contribution in [3.63, 3.8) is 0 Å². The summed E-state index contributed by atoms with van der Waals surface area (Å²) in [4.78, 5) is 24.6. The number of amides is 1. The van der Waals surface area contributed by atoms with Crippen molar-refractivity contribution in [2.45, 2.75) is 72.9 Å². The van der Waals surface area contributed by atoms with Crippen LogP contribution in [-0.2, 0) is 4.79 Å². The summed E-state index contributed by atoms with van der Waals surface area (Å²) in [6.45, 7) is 12.9. The van der Waals surface area contributed by atoms with E-state index in [2.05, 4.69) is 18.9 Å². The largest absolute Gasteiger partial charge is 0.332 e. The number of carbonyl (C=O) groups is 1. The standard InChI is InChI=1S/C21H31N5O/c1-14(2)26-17(10-11-22-26)16-13-15(3)23-19(24-16)18-9-7-8-12-25(18)20(27)21(4,5)6/h10-11,13-14,18H,7-9,12H2,1-6H3/t18-/m0/s1. The lowest BCUT2D eigenvalue weighted by atomic mass is 9.91. The van der Waals surface area contributed by atoms with Crippen LogP contribution in [0.5, 0.6) is 0 Å². The van der Waals surface area contributed by atoms with Gasteiger partial charge in [0.2, 0.25) is 5.91 Å². The van der Waals surface area contributed by atoms with Gasteiger partial charge in [0.25, 0.3) is 0 Å². The van der Waals surface area contributed by atoms with Crippen LogP contribution in [0.2, 0.25) is 0 Å². The first-order valence-corrected chi connectivity index (χ1v) is 9.89. The highest BCUT2D eigenvalue weighted by Crippen LogP contribution is 2.34. The van der Waals surface area contributed by atoms with Gasteiger partial charge in [-0.15, -0.1) is 0 Å². The van der Waals surface area contributed by atoms with E-state index in [9.17, 15) is 4.79 Å². The third kappa shape index (κ3) is 4.04. The Morgan fingerprint density at radius 3 is 2.63 bits per heavy atom. The smallest absolute Gasteiger partial charge is 0.228 e. The SMILES string of the molecule is Cc1cc(-c2ccnn2C(C)C)nc([C@@H]2CCCCN2C(=O)C(C)(C)C)n1. The average Bonchev–Trinajstić information content (AvgIpc) is 3.10. The zero-order valence-corrected chi connectivity index (χ0v) is 17.4. The number of aromatic nitrogens is 4. The molecule has 146 valence electrons. The van der Waals surface area contributed by atoms with Crippen molar-refractivity contribution in [2.24, 2.45) is 5.41 Å². The summed E-state index contributed by atoms with van der Waals surface area (Å²) in [6, 6.07) is 4.18. The van der Waals surface area contributed by atoms with E-state index in [-0.39, 0.29) is 18.0 Å². The van der Waals surface area contributed by atoms with Gasteiger partial charge >= 0.3 is 0 Å². The molecule has 0 unspecified atom stereocenters. The molecule has 3 heterocycles. The van der Waals surface area contributed by atoms with Crippen molar-refractivity contribution < 1.29 is 4.79 Å². The van der Waals surface area contributed by atoms with Gasteiger partial charge in [-0.1, -0.05) is 20.8 Å². The topological polar surface area (TPSA) is 63.9 Å². The Morgan fingerprint density at radius 2 is 1.96 bits per heavy atom. The molecule has 6 heteroatoms. The molecule has 0 aliphatic carbocycles. The van der Waals surface area contributed by atoms with Gasteiger partial charge in [-0.3, -0.25) is 9.48 Å². The minimum absolute atomic E-state index is 0.0560. The first-order valence-electron chi connectivity index (χ1n) is 9.89. The summed E-state index contributed by atoms with van der Waals surface area (Å²) < 4.78 is 1.98. The molecule has 0 spiro atoms. The zero-order valence-electron chi connectivity index (χ0n) is 17.4. The first-order chi connectivity index (χ1) is 12.7. The molecule has 27 heavy (non-hydrogen) atoms. The number of piperidine rings is 1. The van der Waals surface area contributed by atoms with E-state index >= 15 is 0 Å². The monoisotopic (exact) mass is 369 g/mol. The van der Waals surface area contributed by atoms with Crippen LogP contribution in [0.25, 0.3) is 11.4 Å². The van der Waals surface area contributed by atoms with Crippen molar-refractivity contribution in [1.82, 2.24) is 24.6 Å². The second kappa shape index (κ2) is 7.41. The van der Waals surface area contributed by atoms with Crippen LogP contribution in [0, 0.1) is 12.3 Å². The molecule has 0 aromatic carbocycles. The summed E-state index contributed by atoms with van der Waals surface area (Å²) in [5.74, 6) is 0.921. The summed E-state index contributed by atoms with van der Waals surface area (Å²) in [5.41, 5.74) is 2.37. The van der Waals surface area contributed by atoms with Gasteiger partial charge in [-0.25, -0.2) is 9.97 Å². The van der Waals surface area contributed by atoms with Crippen LogP contribution < -0.4 is 0 Å². The summed E-state index contributed by atoms with van der Waals surface area (Å²) in [5, 5.41) is 4.43. The van der Waals surface area contributed by atoms with Crippen molar-refractivity contribution in [2.75, 3.05) is 6.54 Å². The fourth-order valence-electron chi connectivity index (χ4n) is 3.67. The molecule has 1 aliphatic heterocycles. The van der Waals surface area contributed by atoms with Crippen molar-refractivity contribution in [1.29, 1.82) is 0 Å². The predicted molar refractivity (Wildman–Crippen MR) is 106 cm³/mol. The van der Waals surface area contributed by atoms with E-state index in [1.807, 2.05) is 55.6 Å². The van der Waals surface area contributed by atoms with Crippen LogP contribution in [-0.4, -0.2) is 37.1 Å². The third-order valence-electron chi connectivity index (χ3n) is 5.00. The van der Waals surface area contributed by atoms with Crippen LogP contribution in [0.4, 0.5) is 0 Å². The number of carbonyl (C=O) groups excluding carboxylic acids is 1. The van der Waals surface area contributed by atoms with Gasteiger partial charge in [0.05, 0.1) is 17.4 Å². The minimum Gasteiger partial charge on any atom is -0.332 e. The number of nitrogens with zero attached hydrogens (tertiary/aromatic N) is 5. The Kier molecular flexibility index (Phi) is 5.36. The molecule has 0 saturated carbocycles. The molecule has 1 aliphatic rings. The molecular weight excluding hydrogens is 338 g/mol. The van der Waals surface area contributed by atoms with E-state index in [1.165, 1.54) is 0 Å². The Labute approximate surface area is 162 Å². The number of hydrogen-bond donors (Lipinski definition) is 0. The second-order valence-corrected chi connectivity index (χ2v) is 8.77. The van der Waals surface area contributed by atoms with Gasteiger partial charge in [0.1, 0.15) is 0 Å². The maximum atomic E-state index is 13.0. The fraction of sp³-hybridized carbons (Fsp3) is 0.619. The van der Waals surface area contributed by atoms with Crippen LogP contribution in [0.3, 0.4) is 0 Å². The summed E-state index contributed by atoms with van der Waals surface area (Å²) >= 11 is 0. The lowest BCUT2D eigenvalue weighted by molar-refractivity contribution is -0.143. The second-order valence-electron chi connectivity index (χ2n) is 8.77. The Morgan fingerprint density at radius 1 is 1.22 bits per heavy atom. The molecule has 2 aromatic heterocycles. The minimum atomic E-state index is -0.404. The number of rotatable bonds is 3. The molecule has 1 amide bonds. The Balaban J connectivity index is 2.02. The maximum absolute atomic E-state index is 13.0. The summed E-state index contributed by atoms with van der Waals surface area (Å²) in [7, 11) is 0. The van der Waals surface area contributed by atoms with Crippen LogP contribution in [0.15, 0.2) is 18.3 Å². The van der Waals surface area contributed by atoms with E-state index in [0.29, 0.717) is 0 Å². The molecule has 0 bridgehead atoms. The van der Waals surface area contributed by atoms with Crippen molar-refractivity contribution >= 4 is 5.91 Å². The molecular formula is C21H31N5O. The van der Waals surface area contributed by atoms with Gasteiger partial charge in [0.15, 0.2) is 5.82 Å². The van der Waals surface area contributed by atoms with E-state index in [1.54, 1.807) is 0 Å². The van der Waals surface area contributed by atoms with Gasteiger partial charge < -0.3 is 4.90 Å². The lowest BCUT2D eigenvalue weighted by Gasteiger charge is -2.38. The van der Waals surface area contributed by atoms with Crippen LogP contribution >= 0.6 is 0 Å². The maximum Gasteiger partial charge on any atom is 0.228 e. The molecule has 2 aromatic rings. The summed E-state index contributed by atoms with van der Waals surface area (Å²) in [6.07, 6.45) is 4.85. The molecule has 0 N–H and O–H groups in total. The number of likely N-dealkylation sites (tertiary alicyclic amines) is 1. The van der Waals surface area contributed by atoms with E-state index in [4.69, 9.17) is 9.97 Å². The fourth-order valence-corrected chi connectivity index (χ4v) is 3.67. The molecule has 1 saturated heterocycles. The predicted octanol–water partition coefficient (Wildman–Crippen LogP) is 4.33. The molecule has 6 nitrogen and oxygen atoms in total. The number of aryl methyl sites for hydroxylation is 1. The third-order valence-corrected chi connectivity index (χ3v) is 5.00. The highest BCUT2D eigenvalue weighted by atomic mass is 16.2. The molecule has 3 rings (SSSR count). The Bertz CT molecular complexity index is 818. The van der Waals surface area contributed by atoms with E-state index < -0.39 is 5.41 Å². The normalized spacial score (nSPS) is 18.2. The van der Waals surface area contributed by atoms with Crippen molar-refractivity contribution in [3.8, 4) is 11.4 Å². The van der Waals surface area contributed by atoms with E-state index in [0.717, 1.165) is 48.7 Å². The quantitative estimate of drug-likeness (QED) is 0.808. The van der Waals surface area contributed by atoms with Gasteiger partial charge in [-0.05, 0) is 52.2 Å². The highest BCUT2D eigenvalue weighted by molar-refractivity contribution is 5.82. The highest BCUT2D eigenvalue weighted by Gasteiger charge is 2.35. The first kappa shape index (κ1) is 19.5. The van der Waals surface area contributed by atoms with Crippen LogP contribution in [0.1, 0.15) is 77.5 Å². The number of hydrogen-bond acceptors (Lipinski definition) is 4. The lowest BCUT2D eigenvalue weighted by Crippen LogP contribution is -2.44.